The van der Waals surface area contributed by atoms with Gasteiger partial charge in [-0.3, -0.25) is 9.59 Å². The van der Waals surface area contributed by atoms with Crippen LogP contribution in [0.1, 0.15) is 25.3 Å². The zero-order valence-corrected chi connectivity index (χ0v) is 18.8. The van der Waals surface area contributed by atoms with Crippen molar-refractivity contribution in [2.24, 2.45) is 0 Å². The van der Waals surface area contributed by atoms with Crippen LogP contribution in [-0.4, -0.2) is 28.6 Å². The van der Waals surface area contributed by atoms with Gasteiger partial charge >= 0.3 is 5.97 Å². The minimum Gasteiger partial charge on any atom is -0.480 e. The summed E-state index contributed by atoms with van der Waals surface area (Å²) in [5, 5.41) is 20.8. The highest BCUT2D eigenvalue weighted by molar-refractivity contribution is 5.93. The number of fused-ring (bicyclic) bond motifs is 1. The molecule has 8 heteroatoms. The number of hydrogen-bond acceptors (Lipinski definition) is 7. The number of nitrogens with zero attached hydrogens (tertiary/aromatic N) is 1. The van der Waals surface area contributed by atoms with E-state index < -0.39 is 22.9 Å². The third-order valence-electron chi connectivity index (χ3n) is 5.69. The number of unbranched alkanes of at least 4 members (excludes halogenated alkanes) is 1. The molecule has 0 fully saturated rings. The fourth-order valence-corrected chi connectivity index (χ4v) is 3.78. The molecule has 0 unspecified atom stereocenters. The molecule has 0 radical (unpaired) electrons. The molecule has 1 heterocycles. The average Bonchev–Trinajstić information content (AvgIpc) is 2.85. The van der Waals surface area contributed by atoms with Crippen LogP contribution in [0.5, 0.6) is 0 Å². The van der Waals surface area contributed by atoms with Gasteiger partial charge in [0.05, 0.1) is 0 Å². The van der Waals surface area contributed by atoms with E-state index in [0.717, 1.165) is 40.7 Å². The fourth-order valence-electron chi connectivity index (χ4n) is 3.78. The second kappa shape index (κ2) is 10.2. The predicted molar refractivity (Wildman–Crippen MR) is 135 cm³/mol. The van der Waals surface area contributed by atoms with Gasteiger partial charge in [-0.15, -0.1) is 0 Å². The summed E-state index contributed by atoms with van der Waals surface area (Å²) in [6, 6.07) is 16.2. The van der Waals surface area contributed by atoms with Crippen LogP contribution in [0.2, 0.25) is 0 Å². The lowest BCUT2D eigenvalue weighted by Gasteiger charge is -2.20. The number of aliphatic carboxylic acids is 1. The standard InChI is InChI=1S/C26H26N4O4/c1-2-3-13-27-21-22(24(32)23(21)31)30-20(26(33)34)15-16-8-10-18(11-9-16)29-25-19-7-5-4-6-17(19)12-14-28-25/h4-12,14,20,27,30H,2-3,13,15H2,1H3,(H,28,29)(H,33,34)/t20-/m0/s1. The first-order valence-electron chi connectivity index (χ1n) is 11.2. The van der Waals surface area contributed by atoms with E-state index in [2.05, 4.69) is 20.9 Å². The maximum absolute atomic E-state index is 12.0. The second-order valence-corrected chi connectivity index (χ2v) is 8.13. The fraction of sp³-hybridized carbons (Fsp3) is 0.231. The Balaban J connectivity index is 1.45. The van der Waals surface area contributed by atoms with Crippen molar-refractivity contribution in [2.75, 3.05) is 22.5 Å². The third-order valence-corrected chi connectivity index (χ3v) is 5.69. The Labute approximate surface area is 196 Å². The van der Waals surface area contributed by atoms with Gasteiger partial charge in [0.25, 0.3) is 10.9 Å². The average molecular weight is 459 g/mol. The largest absolute Gasteiger partial charge is 0.480 e. The molecular formula is C26H26N4O4. The first-order chi connectivity index (χ1) is 16.5. The Morgan fingerprint density at radius 3 is 2.47 bits per heavy atom. The van der Waals surface area contributed by atoms with Crippen LogP contribution in [0, 0.1) is 0 Å². The molecule has 1 atom stereocenters. The van der Waals surface area contributed by atoms with Crippen molar-refractivity contribution in [3.8, 4) is 0 Å². The number of rotatable bonds is 11. The highest BCUT2D eigenvalue weighted by Crippen LogP contribution is 2.24. The van der Waals surface area contributed by atoms with Gasteiger partial charge in [0.15, 0.2) is 0 Å². The van der Waals surface area contributed by atoms with Crippen LogP contribution in [0.3, 0.4) is 0 Å². The van der Waals surface area contributed by atoms with Crippen LogP contribution in [0.15, 0.2) is 70.4 Å². The van der Waals surface area contributed by atoms with Crippen LogP contribution in [0.25, 0.3) is 10.8 Å². The highest BCUT2D eigenvalue weighted by Gasteiger charge is 2.26. The molecule has 0 aliphatic rings. The lowest BCUT2D eigenvalue weighted by Crippen LogP contribution is -2.42. The zero-order valence-electron chi connectivity index (χ0n) is 18.8. The van der Waals surface area contributed by atoms with Gasteiger partial charge in [0, 0.05) is 30.2 Å². The van der Waals surface area contributed by atoms with E-state index in [-0.39, 0.29) is 17.8 Å². The first kappa shape index (κ1) is 23.0. The summed E-state index contributed by atoms with van der Waals surface area (Å²) in [6.07, 6.45) is 3.67. The minimum absolute atomic E-state index is 0.0498. The number of nitrogens with one attached hydrogen (secondary N) is 3. The Bertz CT molecular complexity index is 1370. The Kier molecular flexibility index (Phi) is 6.87. The minimum atomic E-state index is -1.10. The van der Waals surface area contributed by atoms with Gasteiger partial charge in [-0.2, -0.15) is 0 Å². The van der Waals surface area contributed by atoms with Crippen molar-refractivity contribution >= 4 is 39.6 Å². The van der Waals surface area contributed by atoms with Gasteiger partial charge in [0.2, 0.25) is 0 Å². The number of carboxylic acid groups (broad SMARTS) is 1. The summed E-state index contributed by atoms with van der Waals surface area (Å²) in [6.45, 7) is 2.57. The quantitative estimate of drug-likeness (QED) is 0.197. The van der Waals surface area contributed by atoms with Crippen LogP contribution in [-0.2, 0) is 11.2 Å². The molecule has 3 aromatic carbocycles. The molecule has 174 valence electrons. The summed E-state index contributed by atoms with van der Waals surface area (Å²) >= 11 is 0. The molecule has 4 N–H and O–H groups in total. The number of benzene rings is 2. The van der Waals surface area contributed by atoms with E-state index in [1.165, 1.54) is 0 Å². The van der Waals surface area contributed by atoms with E-state index in [4.69, 9.17) is 0 Å². The second-order valence-electron chi connectivity index (χ2n) is 8.13. The summed E-state index contributed by atoms with van der Waals surface area (Å²) in [5.41, 5.74) is 0.515. The lowest BCUT2D eigenvalue weighted by molar-refractivity contribution is -0.137. The van der Waals surface area contributed by atoms with E-state index in [9.17, 15) is 19.5 Å². The summed E-state index contributed by atoms with van der Waals surface area (Å²) < 4.78 is 0. The molecular weight excluding hydrogens is 432 g/mol. The van der Waals surface area contributed by atoms with Crippen molar-refractivity contribution in [3.63, 3.8) is 0 Å². The van der Waals surface area contributed by atoms with E-state index in [1.807, 2.05) is 61.5 Å². The molecule has 0 aliphatic heterocycles. The zero-order chi connectivity index (χ0) is 24.1. The van der Waals surface area contributed by atoms with Gasteiger partial charge in [-0.05, 0) is 35.6 Å². The first-order valence-corrected chi connectivity index (χ1v) is 11.2. The number of hydrogen-bond donors (Lipinski definition) is 4. The molecule has 0 bridgehead atoms. The Morgan fingerprint density at radius 2 is 1.74 bits per heavy atom. The maximum atomic E-state index is 12.0. The van der Waals surface area contributed by atoms with Gasteiger partial charge in [-0.25, -0.2) is 9.78 Å². The van der Waals surface area contributed by atoms with Gasteiger partial charge < -0.3 is 21.1 Å². The molecule has 0 spiro atoms. The van der Waals surface area contributed by atoms with E-state index in [0.29, 0.717) is 6.54 Å². The van der Waals surface area contributed by atoms with Crippen molar-refractivity contribution in [1.82, 2.24) is 4.98 Å². The molecule has 1 aromatic heterocycles. The van der Waals surface area contributed by atoms with Crippen molar-refractivity contribution in [1.29, 1.82) is 0 Å². The number of pyridine rings is 1. The molecule has 8 nitrogen and oxygen atoms in total. The maximum Gasteiger partial charge on any atom is 0.326 e. The SMILES string of the molecule is CCCCNc1c(N[C@@H](Cc2ccc(Nc3nccc4ccccc34)cc2)C(=O)O)c(=O)c1=O. The Hall–Kier alpha value is -4.20. The molecule has 34 heavy (non-hydrogen) atoms. The normalized spacial score (nSPS) is 11.9. The summed E-state index contributed by atoms with van der Waals surface area (Å²) in [4.78, 5) is 40.2. The monoisotopic (exact) mass is 458 g/mol. The third kappa shape index (κ3) is 4.91. The topological polar surface area (TPSA) is 120 Å². The molecule has 0 amide bonds. The Morgan fingerprint density at radius 1 is 1.00 bits per heavy atom. The number of anilines is 4. The van der Waals surface area contributed by atoms with E-state index >= 15 is 0 Å². The summed E-state index contributed by atoms with van der Waals surface area (Å²) in [7, 11) is 0. The van der Waals surface area contributed by atoms with Crippen molar-refractivity contribution in [2.45, 2.75) is 32.2 Å². The van der Waals surface area contributed by atoms with Crippen LogP contribution >= 0.6 is 0 Å². The molecule has 4 rings (SSSR count). The number of aromatic nitrogens is 1. The van der Waals surface area contributed by atoms with Crippen molar-refractivity contribution < 1.29 is 9.90 Å². The lowest BCUT2D eigenvalue weighted by atomic mass is 10.0. The van der Waals surface area contributed by atoms with Crippen molar-refractivity contribution in [3.05, 3.63) is 86.8 Å². The molecule has 0 saturated heterocycles. The predicted octanol–water partition coefficient (Wildman–Crippen LogP) is 3.89. The molecule has 0 saturated carbocycles. The van der Waals surface area contributed by atoms with Crippen LogP contribution < -0.4 is 26.8 Å². The molecule has 0 aliphatic carbocycles. The summed E-state index contributed by atoms with van der Waals surface area (Å²) in [5.74, 6) is -0.367. The highest BCUT2D eigenvalue weighted by atomic mass is 16.4. The number of carboxylic acids is 1. The van der Waals surface area contributed by atoms with E-state index in [1.54, 1.807) is 6.20 Å². The van der Waals surface area contributed by atoms with Crippen LogP contribution in [0.4, 0.5) is 22.9 Å². The smallest absolute Gasteiger partial charge is 0.326 e. The number of carbonyl (C=O) groups is 1. The molecule has 4 aromatic rings. The van der Waals surface area contributed by atoms with Gasteiger partial charge in [0.1, 0.15) is 23.2 Å². The van der Waals surface area contributed by atoms with Gasteiger partial charge in [-0.1, -0.05) is 49.7 Å².